The number of hydrogen-bond acceptors (Lipinski definition) is 3. The summed E-state index contributed by atoms with van der Waals surface area (Å²) in [6.45, 7) is 6.46. The number of aliphatic hydroxyl groups excluding tert-OH is 2. The van der Waals surface area contributed by atoms with Crippen LogP contribution in [0, 0.1) is 0 Å². The molecule has 80 valence electrons. The van der Waals surface area contributed by atoms with E-state index in [0.717, 1.165) is 13.0 Å². The van der Waals surface area contributed by atoms with Crippen molar-refractivity contribution >= 4 is 0 Å². The SMILES string of the molecule is CCCCCN(CCO)CC(C)O. The fraction of sp³-hybridized carbons (Fsp3) is 1.00. The van der Waals surface area contributed by atoms with E-state index in [2.05, 4.69) is 11.8 Å². The summed E-state index contributed by atoms with van der Waals surface area (Å²) < 4.78 is 0. The van der Waals surface area contributed by atoms with E-state index in [1.807, 2.05) is 0 Å². The Hall–Kier alpha value is -0.120. The Bertz CT molecular complexity index is 107. The Labute approximate surface area is 81.4 Å². The van der Waals surface area contributed by atoms with Gasteiger partial charge in [-0.05, 0) is 19.9 Å². The number of nitrogens with zero attached hydrogens (tertiary/aromatic N) is 1. The van der Waals surface area contributed by atoms with Crippen LogP contribution in [-0.2, 0) is 0 Å². The fourth-order valence-corrected chi connectivity index (χ4v) is 1.39. The first-order valence-electron chi connectivity index (χ1n) is 5.22. The molecule has 0 aromatic heterocycles. The molecule has 3 nitrogen and oxygen atoms in total. The van der Waals surface area contributed by atoms with Gasteiger partial charge in [-0.25, -0.2) is 0 Å². The third-order valence-corrected chi connectivity index (χ3v) is 2.02. The third kappa shape index (κ3) is 8.22. The topological polar surface area (TPSA) is 43.7 Å². The van der Waals surface area contributed by atoms with E-state index >= 15 is 0 Å². The van der Waals surface area contributed by atoms with Crippen LogP contribution in [0.25, 0.3) is 0 Å². The van der Waals surface area contributed by atoms with Gasteiger partial charge >= 0.3 is 0 Å². The molecule has 0 heterocycles. The van der Waals surface area contributed by atoms with Crippen molar-refractivity contribution in [2.75, 3.05) is 26.2 Å². The minimum Gasteiger partial charge on any atom is -0.395 e. The average Bonchev–Trinajstić information content (AvgIpc) is 2.04. The zero-order valence-electron chi connectivity index (χ0n) is 8.87. The molecule has 0 spiro atoms. The minimum atomic E-state index is -0.298. The first-order valence-corrected chi connectivity index (χ1v) is 5.22. The molecule has 0 saturated carbocycles. The number of rotatable bonds is 8. The van der Waals surface area contributed by atoms with Crippen LogP contribution in [-0.4, -0.2) is 47.5 Å². The van der Waals surface area contributed by atoms with Crippen LogP contribution in [0.15, 0.2) is 0 Å². The van der Waals surface area contributed by atoms with Gasteiger partial charge < -0.3 is 10.2 Å². The number of unbranched alkanes of at least 4 members (excludes halogenated alkanes) is 2. The van der Waals surface area contributed by atoms with Crippen LogP contribution in [0.2, 0.25) is 0 Å². The second-order valence-electron chi connectivity index (χ2n) is 3.58. The Kier molecular flexibility index (Phi) is 8.40. The standard InChI is InChI=1S/C10H23NO2/c1-3-4-5-6-11(7-8-12)9-10(2)13/h10,12-13H,3-9H2,1-2H3. The minimum absolute atomic E-state index is 0.179. The van der Waals surface area contributed by atoms with Gasteiger partial charge in [0.15, 0.2) is 0 Å². The van der Waals surface area contributed by atoms with E-state index < -0.39 is 0 Å². The second-order valence-corrected chi connectivity index (χ2v) is 3.58. The molecule has 0 bridgehead atoms. The molecular formula is C10H23NO2. The second kappa shape index (κ2) is 8.48. The largest absolute Gasteiger partial charge is 0.395 e. The van der Waals surface area contributed by atoms with Crippen molar-refractivity contribution in [3.8, 4) is 0 Å². The lowest BCUT2D eigenvalue weighted by Crippen LogP contribution is -2.34. The Balaban J connectivity index is 3.53. The summed E-state index contributed by atoms with van der Waals surface area (Å²) in [6.07, 6.45) is 3.29. The Morgan fingerprint density at radius 1 is 1.23 bits per heavy atom. The maximum Gasteiger partial charge on any atom is 0.0639 e. The predicted octanol–water partition coefficient (Wildman–Crippen LogP) is 0.852. The van der Waals surface area contributed by atoms with E-state index in [0.29, 0.717) is 13.1 Å². The molecular weight excluding hydrogens is 166 g/mol. The molecule has 0 aromatic carbocycles. The molecule has 0 amide bonds. The van der Waals surface area contributed by atoms with E-state index in [-0.39, 0.29) is 12.7 Å². The molecule has 1 unspecified atom stereocenters. The smallest absolute Gasteiger partial charge is 0.0639 e. The van der Waals surface area contributed by atoms with Crippen molar-refractivity contribution in [1.82, 2.24) is 4.90 Å². The molecule has 3 heteroatoms. The normalized spacial score (nSPS) is 13.6. The summed E-state index contributed by atoms with van der Waals surface area (Å²) >= 11 is 0. The lowest BCUT2D eigenvalue weighted by atomic mass is 10.2. The molecule has 13 heavy (non-hydrogen) atoms. The van der Waals surface area contributed by atoms with E-state index in [1.165, 1.54) is 12.8 Å². The Morgan fingerprint density at radius 3 is 2.38 bits per heavy atom. The summed E-state index contributed by atoms with van der Waals surface area (Å²) in [5.74, 6) is 0. The van der Waals surface area contributed by atoms with Gasteiger partial charge in [0.2, 0.25) is 0 Å². The lowest BCUT2D eigenvalue weighted by Gasteiger charge is -2.22. The summed E-state index contributed by atoms with van der Waals surface area (Å²) in [4.78, 5) is 2.11. The van der Waals surface area contributed by atoms with Crippen LogP contribution < -0.4 is 0 Å². The van der Waals surface area contributed by atoms with Crippen molar-refractivity contribution in [1.29, 1.82) is 0 Å². The maximum atomic E-state index is 9.18. The van der Waals surface area contributed by atoms with Gasteiger partial charge in [0.25, 0.3) is 0 Å². The highest BCUT2D eigenvalue weighted by Gasteiger charge is 2.06. The van der Waals surface area contributed by atoms with Gasteiger partial charge in [-0.2, -0.15) is 0 Å². The molecule has 0 aliphatic rings. The van der Waals surface area contributed by atoms with Crippen molar-refractivity contribution in [2.45, 2.75) is 39.2 Å². The summed E-state index contributed by atoms with van der Waals surface area (Å²) in [5, 5.41) is 18.0. The van der Waals surface area contributed by atoms with Crippen molar-refractivity contribution in [2.24, 2.45) is 0 Å². The van der Waals surface area contributed by atoms with Crippen LogP contribution in [0.4, 0.5) is 0 Å². The molecule has 0 aliphatic carbocycles. The van der Waals surface area contributed by atoms with Gasteiger partial charge in [0.05, 0.1) is 12.7 Å². The van der Waals surface area contributed by atoms with Crippen LogP contribution in [0.1, 0.15) is 33.1 Å². The molecule has 0 fully saturated rings. The maximum absolute atomic E-state index is 9.18. The molecule has 0 radical (unpaired) electrons. The highest BCUT2D eigenvalue weighted by atomic mass is 16.3. The zero-order chi connectivity index (χ0) is 10.1. The van der Waals surface area contributed by atoms with E-state index in [1.54, 1.807) is 6.92 Å². The molecule has 0 aromatic rings. The first kappa shape index (κ1) is 12.9. The zero-order valence-corrected chi connectivity index (χ0v) is 8.87. The highest BCUT2D eigenvalue weighted by molar-refractivity contribution is 4.60. The number of aliphatic hydroxyl groups is 2. The Morgan fingerprint density at radius 2 is 1.92 bits per heavy atom. The van der Waals surface area contributed by atoms with Crippen LogP contribution in [0.5, 0.6) is 0 Å². The van der Waals surface area contributed by atoms with Gasteiger partial charge in [-0.3, -0.25) is 4.90 Å². The van der Waals surface area contributed by atoms with Crippen molar-refractivity contribution in [3.05, 3.63) is 0 Å². The quantitative estimate of drug-likeness (QED) is 0.556. The van der Waals surface area contributed by atoms with Crippen molar-refractivity contribution < 1.29 is 10.2 Å². The van der Waals surface area contributed by atoms with Gasteiger partial charge in [0, 0.05) is 13.1 Å². The molecule has 0 aliphatic heterocycles. The molecule has 0 rings (SSSR count). The molecule has 0 saturated heterocycles. The monoisotopic (exact) mass is 189 g/mol. The third-order valence-electron chi connectivity index (χ3n) is 2.02. The predicted molar refractivity (Wildman–Crippen MR) is 54.7 cm³/mol. The van der Waals surface area contributed by atoms with Crippen molar-refractivity contribution in [3.63, 3.8) is 0 Å². The summed E-state index contributed by atoms with van der Waals surface area (Å²) in [7, 11) is 0. The summed E-state index contributed by atoms with van der Waals surface area (Å²) in [6, 6.07) is 0. The number of hydrogen-bond donors (Lipinski definition) is 2. The van der Waals surface area contributed by atoms with Gasteiger partial charge in [-0.1, -0.05) is 19.8 Å². The van der Waals surface area contributed by atoms with Gasteiger partial charge in [-0.15, -0.1) is 0 Å². The molecule has 1 atom stereocenters. The van der Waals surface area contributed by atoms with Crippen LogP contribution >= 0.6 is 0 Å². The average molecular weight is 189 g/mol. The van der Waals surface area contributed by atoms with E-state index in [4.69, 9.17) is 5.11 Å². The van der Waals surface area contributed by atoms with Gasteiger partial charge in [0.1, 0.15) is 0 Å². The van der Waals surface area contributed by atoms with Crippen LogP contribution in [0.3, 0.4) is 0 Å². The fourth-order valence-electron chi connectivity index (χ4n) is 1.39. The molecule has 2 N–H and O–H groups in total. The lowest BCUT2D eigenvalue weighted by molar-refractivity contribution is 0.110. The first-order chi connectivity index (χ1) is 6.20. The highest BCUT2D eigenvalue weighted by Crippen LogP contribution is 1.99. The van der Waals surface area contributed by atoms with E-state index in [9.17, 15) is 5.11 Å². The summed E-state index contributed by atoms with van der Waals surface area (Å²) in [5.41, 5.74) is 0.